The summed E-state index contributed by atoms with van der Waals surface area (Å²) < 4.78 is 14.6. The Morgan fingerprint density at radius 1 is 1.08 bits per heavy atom. The fourth-order valence-corrected chi connectivity index (χ4v) is 3.85. The molecule has 2 unspecified atom stereocenters. The molecule has 1 fully saturated rings. The predicted octanol–water partition coefficient (Wildman–Crippen LogP) is 4.19. The second kappa shape index (κ2) is 6.93. The molecule has 1 aromatic carbocycles. The van der Waals surface area contributed by atoms with Gasteiger partial charge in [-0.25, -0.2) is 4.98 Å². The molecule has 1 aliphatic heterocycles. The molecule has 1 saturated heterocycles. The van der Waals surface area contributed by atoms with Gasteiger partial charge in [-0.1, -0.05) is 0 Å². The molecule has 0 spiro atoms. The number of hydrogen-bond acceptors (Lipinski definition) is 3. The van der Waals surface area contributed by atoms with Gasteiger partial charge in [0.1, 0.15) is 0 Å². The quantitative estimate of drug-likeness (QED) is 0.817. The van der Waals surface area contributed by atoms with Crippen molar-refractivity contribution in [3.63, 3.8) is 0 Å². The molecule has 4 heteroatoms. The van der Waals surface area contributed by atoms with Crippen LogP contribution >= 0.6 is 0 Å². The highest BCUT2D eigenvalue weighted by molar-refractivity contribution is 5.49. The third-order valence-electron chi connectivity index (χ3n) is 5.91. The lowest BCUT2D eigenvalue weighted by Crippen LogP contribution is -2.35. The molecule has 2 heterocycles. The van der Waals surface area contributed by atoms with Gasteiger partial charge in [-0.05, 0) is 74.9 Å². The van der Waals surface area contributed by atoms with Crippen LogP contribution in [0.2, 0.25) is 0 Å². The standard InChI is InChI=1S/C21H30N2O2/c1-14-12-24-21(25-14,7-9-23-10-8-22-13-23)11-20-18(5)16(3)15(2)17(4)19(20)6/h8,10,13-14H,7,9,11-12H2,1-6H3. The molecule has 0 radical (unpaired) electrons. The Bertz CT molecular complexity index is 723. The van der Waals surface area contributed by atoms with Gasteiger partial charge in [-0.15, -0.1) is 0 Å². The van der Waals surface area contributed by atoms with Crippen molar-refractivity contribution in [3.05, 3.63) is 52.1 Å². The number of aromatic nitrogens is 2. The van der Waals surface area contributed by atoms with E-state index in [4.69, 9.17) is 9.47 Å². The molecule has 0 aliphatic carbocycles. The number of hydrogen-bond donors (Lipinski definition) is 0. The van der Waals surface area contributed by atoms with Crippen molar-refractivity contribution >= 4 is 0 Å². The topological polar surface area (TPSA) is 36.3 Å². The molecule has 1 aromatic heterocycles. The van der Waals surface area contributed by atoms with Crippen LogP contribution in [0.3, 0.4) is 0 Å². The van der Waals surface area contributed by atoms with E-state index >= 15 is 0 Å². The third-order valence-corrected chi connectivity index (χ3v) is 5.91. The first kappa shape index (κ1) is 18.2. The van der Waals surface area contributed by atoms with Gasteiger partial charge in [-0.3, -0.25) is 0 Å². The number of nitrogens with zero attached hydrogens (tertiary/aromatic N) is 2. The van der Waals surface area contributed by atoms with Crippen molar-refractivity contribution in [2.45, 2.75) is 72.8 Å². The maximum Gasteiger partial charge on any atom is 0.174 e. The summed E-state index contributed by atoms with van der Waals surface area (Å²) in [4.78, 5) is 4.13. The van der Waals surface area contributed by atoms with Crippen LogP contribution in [-0.4, -0.2) is 28.0 Å². The first-order valence-electron chi connectivity index (χ1n) is 9.16. The smallest absolute Gasteiger partial charge is 0.174 e. The van der Waals surface area contributed by atoms with Gasteiger partial charge in [0.2, 0.25) is 0 Å². The second-order valence-electron chi connectivity index (χ2n) is 7.48. The van der Waals surface area contributed by atoms with Gasteiger partial charge in [0.25, 0.3) is 0 Å². The van der Waals surface area contributed by atoms with Gasteiger partial charge in [-0.2, -0.15) is 0 Å². The second-order valence-corrected chi connectivity index (χ2v) is 7.48. The van der Waals surface area contributed by atoms with Gasteiger partial charge in [0, 0.05) is 31.8 Å². The van der Waals surface area contributed by atoms with Crippen LogP contribution in [0.1, 0.15) is 46.7 Å². The van der Waals surface area contributed by atoms with Crippen LogP contribution in [0.15, 0.2) is 18.7 Å². The summed E-state index contributed by atoms with van der Waals surface area (Å²) in [6.07, 6.45) is 7.40. The fraction of sp³-hybridized carbons (Fsp3) is 0.571. The van der Waals surface area contributed by atoms with Gasteiger partial charge < -0.3 is 14.0 Å². The maximum atomic E-state index is 6.32. The van der Waals surface area contributed by atoms with Crippen LogP contribution in [0, 0.1) is 34.6 Å². The molecule has 2 atom stereocenters. The van der Waals surface area contributed by atoms with E-state index < -0.39 is 5.79 Å². The Kier molecular flexibility index (Phi) is 5.03. The van der Waals surface area contributed by atoms with E-state index in [2.05, 4.69) is 51.1 Å². The molecule has 4 nitrogen and oxygen atoms in total. The van der Waals surface area contributed by atoms with Crippen molar-refractivity contribution in [2.75, 3.05) is 6.61 Å². The van der Waals surface area contributed by atoms with Gasteiger partial charge in [0.15, 0.2) is 5.79 Å². The number of imidazole rings is 1. The van der Waals surface area contributed by atoms with E-state index in [0.717, 1.165) is 19.4 Å². The minimum atomic E-state index is -0.548. The van der Waals surface area contributed by atoms with E-state index in [0.29, 0.717) is 6.61 Å². The molecular weight excluding hydrogens is 312 g/mol. The van der Waals surface area contributed by atoms with Crippen molar-refractivity contribution in [1.29, 1.82) is 0 Å². The predicted molar refractivity (Wildman–Crippen MR) is 99.9 cm³/mol. The Hall–Kier alpha value is -1.65. The fourth-order valence-electron chi connectivity index (χ4n) is 3.85. The summed E-state index contributed by atoms with van der Waals surface area (Å²) in [7, 11) is 0. The maximum absolute atomic E-state index is 6.32. The summed E-state index contributed by atoms with van der Waals surface area (Å²) in [5.74, 6) is -0.548. The lowest BCUT2D eigenvalue weighted by molar-refractivity contribution is -0.172. The number of rotatable bonds is 5. The number of aryl methyl sites for hydroxylation is 1. The number of ether oxygens (including phenoxy) is 2. The summed E-state index contributed by atoms with van der Waals surface area (Å²) in [5, 5.41) is 0. The molecule has 136 valence electrons. The molecule has 1 aliphatic rings. The average Bonchev–Trinajstić information content (AvgIpc) is 3.24. The molecule has 0 N–H and O–H groups in total. The van der Waals surface area contributed by atoms with E-state index in [1.165, 1.54) is 33.4 Å². The highest BCUT2D eigenvalue weighted by Crippen LogP contribution is 2.36. The van der Waals surface area contributed by atoms with Crippen LogP contribution in [0.25, 0.3) is 0 Å². The van der Waals surface area contributed by atoms with Crippen LogP contribution in [0.4, 0.5) is 0 Å². The summed E-state index contributed by atoms with van der Waals surface area (Å²) in [6, 6.07) is 0. The highest BCUT2D eigenvalue weighted by atomic mass is 16.7. The van der Waals surface area contributed by atoms with Crippen LogP contribution < -0.4 is 0 Å². The first-order chi connectivity index (χ1) is 11.8. The van der Waals surface area contributed by atoms with Crippen LogP contribution in [0.5, 0.6) is 0 Å². The van der Waals surface area contributed by atoms with Crippen molar-refractivity contribution in [3.8, 4) is 0 Å². The summed E-state index contributed by atoms with van der Waals surface area (Å²) in [5.41, 5.74) is 8.28. The van der Waals surface area contributed by atoms with E-state index in [9.17, 15) is 0 Å². The normalized spacial score (nSPS) is 23.4. The zero-order valence-electron chi connectivity index (χ0n) is 16.3. The van der Waals surface area contributed by atoms with Gasteiger partial charge >= 0.3 is 0 Å². The third kappa shape index (κ3) is 3.51. The molecule has 25 heavy (non-hydrogen) atoms. The van der Waals surface area contributed by atoms with Gasteiger partial charge in [0.05, 0.1) is 19.0 Å². The molecule has 0 saturated carbocycles. The Morgan fingerprint density at radius 2 is 1.72 bits per heavy atom. The minimum Gasteiger partial charge on any atom is -0.347 e. The molecular formula is C21H30N2O2. The molecule has 2 aromatic rings. The SMILES string of the molecule is Cc1c(C)c(C)c(CC2(CCn3ccnc3)OCC(C)O2)c(C)c1C. The van der Waals surface area contributed by atoms with Crippen LogP contribution in [-0.2, 0) is 22.4 Å². The Labute approximate surface area is 151 Å². The summed E-state index contributed by atoms with van der Waals surface area (Å²) >= 11 is 0. The van der Waals surface area contributed by atoms with Crippen molar-refractivity contribution in [2.24, 2.45) is 0 Å². The highest BCUT2D eigenvalue weighted by Gasteiger charge is 2.40. The molecule has 3 rings (SSSR count). The largest absolute Gasteiger partial charge is 0.347 e. The number of benzene rings is 1. The van der Waals surface area contributed by atoms with Crippen molar-refractivity contribution < 1.29 is 9.47 Å². The monoisotopic (exact) mass is 342 g/mol. The molecule has 0 amide bonds. The van der Waals surface area contributed by atoms with E-state index in [1.54, 1.807) is 0 Å². The zero-order chi connectivity index (χ0) is 18.2. The summed E-state index contributed by atoms with van der Waals surface area (Å²) in [6.45, 7) is 14.7. The Balaban J connectivity index is 1.91. The zero-order valence-corrected chi connectivity index (χ0v) is 16.3. The van der Waals surface area contributed by atoms with E-state index in [-0.39, 0.29) is 6.10 Å². The minimum absolute atomic E-state index is 0.135. The van der Waals surface area contributed by atoms with E-state index in [1.807, 2.05) is 18.7 Å². The van der Waals surface area contributed by atoms with Crippen molar-refractivity contribution in [1.82, 2.24) is 9.55 Å². The first-order valence-corrected chi connectivity index (χ1v) is 9.16. The lowest BCUT2D eigenvalue weighted by atomic mass is 9.86. The average molecular weight is 342 g/mol. The Morgan fingerprint density at radius 3 is 2.24 bits per heavy atom. The molecule has 0 bridgehead atoms. The lowest BCUT2D eigenvalue weighted by Gasteiger charge is -2.31.